The number of urea groups is 1. The van der Waals surface area contributed by atoms with Crippen molar-refractivity contribution < 1.29 is 14.3 Å². The van der Waals surface area contributed by atoms with Crippen molar-refractivity contribution in [2.24, 2.45) is 17.8 Å². The SMILES string of the molecule is Cl.Cn1ccsc1=NC(=O)[N+]1(c2ccccc2)CCOCC1C(N)=O. The Labute approximate surface area is 155 Å². The number of para-hydroxylation sites is 1. The van der Waals surface area contributed by atoms with Crippen LogP contribution in [-0.2, 0) is 16.6 Å². The summed E-state index contributed by atoms with van der Waals surface area (Å²) in [6, 6.07) is 7.96. The van der Waals surface area contributed by atoms with Gasteiger partial charge in [0.1, 0.15) is 18.8 Å². The van der Waals surface area contributed by atoms with Gasteiger partial charge in [-0.2, -0.15) is 4.48 Å². The van der Waals surface area contributed by atoms with E-state index in [1.807, 2.05) is 49.0 Å². The Hall–Kier alpha value is -2.00. The number of morpholine rings is 1. The van der Waals surface area contributed by atoms with Crippen LogP contribution >= 0.6 is 23.7 Å². The van der Waals surface area contributed by atoms with Gasteiger partial charge in [-0.1, -0.05) is 18.2 Å². The molecule has 9 heteroatoms. The first-order valence-corrected chi connectivity index (χ1v) is 8.43. The van der Waals surface area contributed by atoms with Crippen molar-refractivity contribution in [3.8, 4) is 0 Å². The van der Waals surface area contributed by atoms with Crippen LogP contribution in [0.1, 0.15) is 0 Å². The number of hydrogen-bond donors (Lipinski definition) is 1. The zero-order valence-corrected chi connectivity index (χ0v) is 15.3. The summed E-state index contributed by atoms with van der Waals surface area (Å²) in [6.07, 6.45) is 1.83. The third kappa shape index (κ3) is 3.52. The molecule has 2 N–H and O–H groups in total. The van der Waals surface area contributed by atoms with Crippen molar-refractivity contribution in [2.75, 3.05) is 19.8 Å². The van der Waals surface area contributed by atoms with Crippen LogP contribution in [0.25, 0.3) is 0 Å². The fourth-order valence-corrected chi connectivity index (χ4v) is 3.66. The van der Waals surface area contributed by atoms with Gasteiger partial charge in [-0.3, -0.25) is 4.79 Å². The molecule has 2 atom stereocenters. The van der Waals surface area contributed by atoms with Crippen LogP contribution in [-0.4, -0.2) is 42.3 Å². The number of nitrogens with two attached hydrogens (primary N) is 1. The lowest BCUT2D eigenvalue weighted by molar-refractivity contribution is -0.126. The Bertz CT molecular complexity index is 820. The largest absolute Gasteiger partial charge is 0.451 e. The standard InChI is InChI=1S/C16H18N4O3S.ClH/c1-19-7-10-24-15(19)18-16(22)20(12-5-3-2-4-6-12)8-9-23-11-13(20)14(17)21;/h2-7,10,13H,8-9,11H2,1H3,(H-,17,21);1H/p+1. The van der Waals surface area contributed by atoms with Gasteiger partial charge in [-0.15, -0.1) is 28.7 Å². The van der Waals surface area contributed by atoms with Gasteiger partial charge in [0.25, 0.3) is 5.91 Å². The molecule has 3 amide bonds. The van der Waals surface area contributed by atoms with Crippen molar-refractivity contribution in [3.05, 3.63) is 46.7 Å². The van der Waals surface area contributed by atoms with Crippen LogP contribution < -0.4 is 15.0 Å². The minimum absolute atomic E-state index is 0. The third-order valence-corrected chi connectivity index (χ3v) is 5.08. The van der Waals surface area contributed by atoms with E-state index in [1.165, 1.54) is 11.3 Å². The molecule has 1 fully saturated rings. The highest BCUT2D eigenvalue weighted by Crippen LogP contribution is 2.30. The molecule has 2 aromatic rings. The molecular weight excluding hydrogens is 364 g/mol. The summed E-state index contributed by atoms with van der Waals surface area (Å²) in [5, 5.41) is 1.85. The van der Waals surface area contributed by atoms with E-state index >= 15 is 0 Å². The van der Waals surface area contributed by atoms with Gasteiger partial charge in [-0.05, 0) is 12.1 Å². The van der Waals surface area contributed by atoms with Crippen LogP contribution in [0.3, 0.4) is 0 Å². The average Bonchev–Trinajstić information content (AvgIpc) is 3.00. The van der Waals surface area contributed by atoms with E-state index in [0.717, 1.165) is 0 Å². The van der Waals surface area contributed by atoms with E-state index in [4.69, 9.17) is 10.5 Å². The van der Waals surface area contributed by atoms with Gasteiger partial charge in [0.15, 0.2) is 4.80 Å². The van der Waals surface area contributed by atoms with Crippen molar-refractivity contribution in [2.45, 2.75) is 6.04 Å². The minimum atomic E-state index is -0.803. The predicted octanol–water partition coefficient (Wildman–Crippen LogP) is 1.42. The molecule has 0 spiro atoms. The molecule has 1 aliphatic heterocycles. The summed E-state index contributed by atoms with van der Waals surface area (Å²) in [4.78, 5) is 30.1. The van der Waals surface area contributed by atoms with Crippen LogP contribution in [0.15, 0.2) is 46.9 Å². The lowest BCUT2D eigenvalue weighted by Gasteiger charge is -2.41. The molecule has 134 valence electrons. The number of halogens is 1. The van der Waals surface area contributed by atoms with E-state index < -0.39 is 18.0 Å². The summed E-state index contributed by atoms with van der Waals surface area (Å²) in [5.74, 6) is -0.572. The molecule has 1 saturated heterocycles. The molecule has 3 rings (SSSR count). The first kappa shape index (κ1) is 19.3. The van der Waals surface area contributed by atoms with E-state index in [2.05, 4.69) is 4.99 Å². The molecule has 0 saturated carbocycles. The van der Waals surface area contributed by atoms with E-state index in [0.29, 0.717) is 23.6 Å². The second kappa shape index (κ2) is 7.92. The molecule has 0 aliphatic carbocycles. The zero-order chi connectivity index (χ0) is 17.2. The van der Waals surface area contributed by atoms with Gasteiger partial charge in [0.2, 0.25) is 6.04 Å². The summed E-state index contributed by atoms with van der Waals surface area (Å²) >= 11 is 1.36. The van der Waals surface area contributed by atoms with E-state index in [-0.39, 0.29) is 23.5 Å². The lowest BCUT2D eigenvalue weighted by atomic mass is 10.1. The number of aromatic nitrogens is 1. The molecule has 2 unspecified atom stereocenters. The molecule has 1 aromatic heterocycles. The third-order valence-electron chi connectivity index (χ3n) is 4.23. The lowest BCUT2D eigenvalue weighted by Crippen LogP contribution is -2.69. The molecule has 7 nitrogen and oxygen atoms in total. The number of carbonyl (C=O) groups is 2. The predicted molar refractivity (Wildman–Crippen MR) is 98.4 cm³/mol. The summed E-state index contributed by atoms with van der Waals surface area (Å²) in [5.41, 5.74) is 6.28. The molecule has 1 aromatic carbocycles. The van der Waals surface area contributed by atoms with Crippen LogP contribution in [0.5, 0.6) is 0 Å². The zero-order valence-electron chi connectivity index (χ0n) is 13.7. The number of carbonyl (C=O) groups excluding carboxylic acids is 2. The van der Waals surface area contributed by atoms with E-state index in [9.17, 15) is 9.59 Å². The summed E-state index contributed by atoms with van der Waals surface area (Å²) < 4.78 is 6.94. The molecule has 25 heavy (non-hydrogen) atoms. The van der Waals surface area contributed by atoms with Gasteiger partial charge in [0, 0.05) is 18.6 Å². The maximum Gasteiger partial charge on any atom is 0.451 e. The van der Waals surface area contributed by atoms with Crippen LogP contribution in [0.2, 0.25) is 0 Å². The smallest absolute Gasteiger partial charge is 0.369 e. The number of primary amides is 1. The summed E-state index contributed by atoms with van der Waals surface area (Å²) in [7, 11) is 1.82. The quantitative estimate of drug-likeness (QED) is 0.795. The van der Waals surface area contributed by atoms with E-state index in [1.54, 1.807) is 4.57 Å². The molecule has 1 aliphatic rings. The maximum atomic E-state index is 13.2. The van der Waals surface area contributed by atoms with Gasteiger partial charge < -0.3 is 15.0 Å². The van der Waals surface area contributed by atoms with Crippen molar-refractivity contribution >= 4 is 41.4 Å². The number of ether oxygens (including phenoxy) is 1. The first-order valence-electron chi connectivity index (χ1n) is 7.55. The highest BCUT2D eigenvalue weighted by molar-refractivity contribution is 7.07. The molecule has 2 heterocycles. The number of benzene rings is 1. The Morgan fingerprint density at radius 2 is 2.08 bits per heavy atom. The number of thiazole rings is 1. The molecule has 0 bridgehead atoms. The van der Waals surface area contributed by atoms with Crippen molar-refractivity contribution in [1.29, 1.82) is 0 Å². The Morgan fingerprint density at radius 1 is 1.36 bits per heavy atom. The Balaban J connectivity index is 0.00000225. The van der Waals surface area contributed by atoms with Crippen LogP contribution in [0.4, 0.5) is 10.5 Å². The second-order valence-electron chi connectivity index (χ2n) is 5.61. The number of nitrogens with zero attached hydrogens (tertiary/aromatic N) is 3. The van der Waals surface area contributed by atoms with Crippen molar-refractivity contribution in [3.63, 3.8) is 0 Å². The fourth-order valence-electron chi connectivity index (χ4n) is 2.93. The van der Waals surface area contributed by atoms with Crippen LogP contribution in [0, 0.1) is 0 Å². The topological polar surface area (TPSA) is 86.7 Å². The molecular formula is C16H20ClN4O3S+. The number of hydrogen-bond acceptors (Lipinski definition) is 4. The Kier molecular flexibility index (Phi) is 6.12. The fraction of sp³-hybridized carbons (Fsp3) is 0.312. The van der Waals surface area contributed by atoms with Gasteiger partial charge >= 0.3 is 6.03 Å². The molecule has 0 radical (unpaired) electrons. The second-order valence-corrected chi connectivity index (χ2v) is 6.48. The minimum Gasteiger partial charge on any atom is -0.369 e. The number of amides is 3. The number of aryl methyl sites for hydroxylation is 1. The monoisotopic (exact) mass is 383 g/mol. The van der Waals surface area contributed by atoms with Gasteiger partial charge in [-0.25, -0.2) is 4.79 Å². The number of quaternary nitrogens is 1. The maximum absolute atomic E-state index is 13.2. The highest BCUT2D eigenvalue weighted by Gasteiger charge is 2.52. The highest BCUT2D eigenvalue weighted by atomic mass is 35.5. The normalized spacial score (nSPS) is 23.7. The summed E-state index contributed by atoms with van der Waals surface area (Å²) in [6.45, 7) is 0.771. The Morgan fingerprint density at radius 3 is 2.68 bits per heavy atom. The first-order chi connectivity index (χ1) is 11.6. The van der Waals surface area contributed by atoms with Gasteiger partial charge in [0.05, 0.1) is 6.61 Å². The number of rotatable bonds is 2. The van der Waals surface area contributed by atoms with Crippen molar-refractivity contribution in [1.82, 2.24) is 9.05 Å². The average molecular weight is 384 g/mol.